The van der Waals surface area contributed by atoms with Crippen LogP contribution in [-0.2, 0) is 6.54 Å². The van der Waals surface area contributed by atoms with Gasteiger partial charge in [0, 0.05) is 17.7 Å². The van der Waals surface area contributed by atoms with Gasteiger partial charge >= 0.3 is 0 Å². The predicted molar refractivity (Wildman–Crippen MR) is 92.9 cm³/mol. The molecule has 1 N–H and O–H groups in total. The number of hydrazine groups is 1. The van der Waals surface area contributed by atoms with Crippen LogP contribution in [0.5, 0.6) is 0 Å². The van der Waals surface area contributed by atoms with Crippen molar-refractivity contribution >= 4 is 11.6 Å². The Bertz CT molecular complexity index is 806. The van der Waals surface area contributed by atoms with E-state index in [1.807, 2.05) is 48.5 Å². The standard InChI is InChI=1S/C20H17FN2O/c21-19-14-8-7-11-17(19)15-22-23(18-12-5-2-6-13-18)20(24)16-9-3-1-4-10-16/h1-14,22H,15H2. The molecule has 0 fully saturated rings. The van der Waals surface area contributed by atoms with Crippen LogP contribution < -0.4 is 10.4 Å². The van der Waals surface area contributed by atoms with E-state index in [4.69, 9.17) is 0 Å². The van der Waals surface area contributed by atoms with Crippen LogP contribution in [0.4, 0.5) is 10.1 Å². The molecule has 0 aliphatic heterocycles. The maximum absolute atomic E-state index is 13.8. The Morgan fingerprint density at radius 2 is 1.42 bits per heavy atom. The van der Waals surface area contributed by atoms with Crippen molar-refractivity contribution in [1.82, 2.24) is 5.43 Å². The van der Waals surface area contributed by atoms with E-state index < -0.39 is 0 Å². The van der Waals surface area contributed by atoms with Crippen molar-refractivity contribution in [2.24, 2.45) is 0 Å². The fraction of sp³-hybridized carbons (Fsp3) is 0.0500. The molecule has 0 aliphatic carbocycles. The zero-order valence-corrected chi connectivity index (χ0v) is 13.0. The minimum atomic E-state index is -0.301. The summed E-state index contributed by atoms with van der Waals surface area (Å²) >= 11 is 0. The van der Waals surface area contributed by atoms with Crippen LogP contribution in [0.15, 0.2) is 84.9 Å². The minimum Gasteiger partial charge on any atom is -0.267 e. The summed E-state index contributed by atoms with van der Waals surface area (Å²) in [7, 11) is 0. The van der Waals surface area contributed by atoms with Gasteiger partial charge in [-0.2, -0.15) is 0 Å². The normalized spacial score (nSPS) is 10.4. The largest absolute Gasteiger partial charge is 0.272 e. The van der Waals surface area contributed by atoms with Crippen LogP contribution >= 0.6 is 0 Å². The van der Waals surface area contributed by atoms with Gasteiger partial charge in [0.25, 0.3) is 5.91 Å². The summed E-state index contributed by atoms with van der Waals surface area (Å²) in [5.74, 6) is -0.497. The predicted octanol–water partition coefficient (Wildman–Crippen LogP) is 4.18. The zero-order valence-electron chi connectivity index (χ0n) is 13.0. The second-order valence-corrected chi connectivity index (χ2v) is 5.27. The highest BCUT2D eigenvalue weighted by molar-refractivity contribution is 6.05. The van der Waals surface area contributed by atoms with E-state index in [0.717, 1.165) is 0 Å². The van der Waals surface area contributed by atoms with Crippen molar-refractivity contribution in [1.29, 1.82) is 0 Å². The first-order chi connectivity index (χ1) is 11.8. The molecule has 0 radical (unpaired) electrons. The number of carbonyl (C=O) groups excluding carboxylic acids is 1. The van der Waals surface area contributed by atoms with Gasteiger partial charge in [0.05, 0.1) is 5.69 Å². The molecule has 0 saturated carbocycles. The van der Waals surface area contributed by atoms with Gasteiger partial charge in [-0.1, -0.05) is 54.6 Å². The highest BCUT2D eigenvalue weighted by atomic mass is 19.1. The monoisotopic (exact) mass is 320 g/mol. The molecule has 0 unspecified atom stereocenters. The van der Waals surface area contributed by atoms with Crippen molar-refractivity contribution in [2.75, 3.05) is 5.01 Å². The second kappa shape index (κ2) is 7.53. The van der Waals surface area contributed by atoms with Gasteiger partial charge in [-0.05, 0) is 30.3 Å². The van der Waals surface area contributed by atoms with Gasteiger partial charge in [-0.25, -0.2) is 14.8 Å². The highest BCUT2D eigenvalue weighted by Gasteiger charge is 2.17. The molecule has 0 aromatic heterocycles. The molecule has 0 atom stereocenters. The van der Waals surface area contributed by atoms with Crippen molar-refractivity contribution in [2.45, 2.75) is 6.54 Å². The molecule has 1 amide bonds. The number of halogens is 1. The van der Waals surface area contributed by atoms with Crippen LogP contribution in [0.25, 0.3) is 0 Å². The maximum atomic E-state index is 13.8. The number of amides is 1. The van der Waals surface area contributed by atoms with Gasteiger partial charge in [-0.15, -0.1) is 0 Å². The Morgan fingerprint density at radius 1 is 0.833 bits per heavy atom. The van der Waals surface area contributed by atoms with E-state index >= 15 is 0 Å². The van der Waals surface area contributed by atoms with E-state index in [1.54, 1.807) is 30.3 Å². The number of hydrogen-bond acceptors (Lipinski definition) is 2. The van der Waals surface area contributed by atoms with Crippen molar-refractivity contribution < 1.29 is 9.18 Å². The average Bonchev–Trinajstić information content (AvgIpc) is 2.65. The first-order valence-electron chi connectivity index (χ1n) is 7.67. The molecule has 4 heteroatoms. The second-order valence-electron chi connectivity index (χ2n) is 5.27. The molecule has 0 aliphatic rings. The molecule has 0 spiro atoms. The lowest BCUT2D eigenvalue weighted by Gasteiger charge is -2.24. The lowest BCUT2D eigenvalue weighted by Crippen LogP contribution is -2.42. The Balaban J connectivity index is 1.86. The summed E-state index contributed by atoms with van der Waals surface area (Å²) in [6.07, 6.45) is 0. The Kier molecular flexibility index (Phi) is 4.99. The van der Waals surface area contributed by atoms with E-state index in [9.17, 15) is 9.18 Å². The number of nitrogens with zero attached hydrogens (tertiary/aromatic N) is 1. The Hall–Kier alpha value is -2.98. The minimum absolute atomic E-state index is 0.196. The first-order valence-corrected chi connectivity index (χ1v) is 7.67. The summed E-state index contributed by atoms with van der Waals surface area (Å²) in [6.45, 7) is 0.208. The van der Waals surface area contributed by atoms with Crippen LogP contribution in [0.1, 0.15) is 15.9 Å². The average molecular weight is 320 g/mol. The topological polar surface area (TPSA) is 32.3 Å². The van der Waals surface area contributed by atoms with E-state index in [-0.39, 0.29) is 18.3 Å². The lowest BCUT2D eigenvalue weighted by atomic mass is 10.2. The Labute approximate surface area is 140 Å². The van der Waals surface area contributed by atoms with Gasteiger partial charge in [0.2, 0.25) is 0 Å². The summed E-state index contributed by atoms with van der Waals surface area (Å²) in [6, 6.07) is 24.7. The van der Waals surface area contributed by atoms with Crippen molar-refractivity contribution in [3.05, 3.63) is 102 Å². The number of rotatable bonds is 5. The molecule has 120 valence electrons. The van der Waals surface area contributed by atoms with E-state index in [1.165, 1.54) is 11.1 Å². The van der Waals surface area contributed by atoms with E-state index in [0.29, 0.717) is 16.8 Å². The van der Waals surface area contributed by atoms with E-state index in [2.05, 4.69) is 5.43 Å². The molecule has 3 aromatic rings. The van der Waals surface area contributed by atoms with Gasteiger partial charge in [-0.3, -0.25) is 4.79 Å². The number of nitrogens with one attached hydrogen (secondary N) is 1. The fourth-order valence-electron chi connectivity index (χ4n) is 2.37. The SMILES string of the molecule is O=C(c1ccccc1)N(NCc1ccccc1F)c1ccccc1. The van der Waals surface area contributed by atoms with Gasteiger partial charge in [0.15, 0.2) is 0 Å². The number of anilines is 1. The summed E-state index contributed by atoms with van der Waals surface area (Å²) in [5, 5.41) is 1.45. The third-order valence-corrected chi connectivity index (χ3v) is 3.62. The van der Waals surface area contributed by atoms with Gasteiger partial charge in [0.1, 0.15) is 5.82 Å². The molecule has 0 bridgehead atoms. The summed E-state index contributed by atoms with van der Waals surface area (Å²) < 4.78 is 13.8. The molecular weight excluding hydrogens is 303 g/mol. The quantitative estimate of drug-likeness (QED) is 0.715. The third kappa shape index (κ3) is 3.67. The smallest absolute Gasteiger partial charge is 0.267 e. The Morgan fingerprint density at radius 3 is 2.08 bits per heavy atom. The number of benzene rings is 3. The zero-order chi connectivity index (χ0) is 16.8. The number of carbonyl (C=O) groups is 1. The third-order valence-electron chi connectivity index (χ3n) is 3.62. The van der Waals surface area contributed by atoms with Crippen LogP contribution in [0.3, 0.4) is 0 Å². The molecule has 3 rings (SSSR count). The maximum Gasteiger partial charge on any atom is 0.272 e. The summed E-state index contributed by atoms with van der Waals surface area (Å²) in [5.41, 5.74) is 4.79. The molecular formula is C20H17FN2O. The van der Waals surface area contributed by atoms with Crippen molar-refractivity contribution in [3.63, 3.8) is 0 Å². The molecule has 24 heavy (non-hydrogen) atoms. The molecule has 3 nitrogen and oxygen atoms in total. The highest BCUT2D eigenvalue weighted by Crippen LogP contribution is 2.16. The molecule has 0 saturated heterocycles. The fourth-order valence-corrected chi connectivity index (χ4v) is 2.37. The van der Waals surface area contributed by atoms with Gasteiger partial charge < -0.3 is 0 Å². The van der Waals surface area contributed by atoms with Crippen LogP contribution in [0, 0.1) is 5.82 Å². The molecule has 0 heterocycles. The van der Waals surface area contributed by atoms with Crippen molar-refractivity contribution in [3.8, 4) is 0 Å². The first kappa shape index (κ1) is 15.9. The number of para-hydroxylation sites is 1. The molecule has 3 aromatic carbocycles. The van der Waals surface area contributed by atoms with Crippen LogP contribution in [0.2, 0.25) is 0 Å². The van der Waals surface area contributed by atoms with Crippen LogP contribution in [-0.4, -0.2) is 5.91 Å². The summed E-state index contributed by atoms with van der Waals surface area (Å²) in [4.78, 5) is 12.8. The lowest BCUT2D eigenvalue weighted by molar-refractivity contribution is 0.0973. The number of hydrogen-bond donors (Lipinski definition) is 1.